The molecule has 0 bridgehead atoms. The van der Waals surface area contributed by atoms with Crippen molar-refractivity contribution in [3.8, 4) is 0 Å². The van der Waals surface area contributed by atoms with Gasteiger partial charge in [-0.25, -0.2) is 0 Å². The number of fused-ring (bicyclic) bond motifs is 1. The number of amides is 2. The third-order valence-electron chi connectivity index (χ3n) is 3.08. The number of nitrogens with zero attached hydrogens (tertiary/aromatic N) is 1. The van der Waals surface area contributed by atoms with Crippen LogP contribution in [0.4, 0.5) is 8.78 Å². The number of benzene rings is 1. The highest BCUT2D eigenvalue weighted by Crippen LogP contribution is 2.22. The zero-order valence-corrected chi connectivity index (χ0v) is 10.6. The summed E-state index contributed by atoms with van der Waals surface area (Å²) in [4.78, 5) is 25.0. The highest BCUT2D eigenvalue weighted by Gasteiger charge is 2.34. The van der Waals surface area contributed by atoms with Crippen LogP contribution in [-0.4, -0.2) is 34.5 Å². The van der Waals surface area contributed by atoms with Crippen molar-refractivity contribution in [2.75, 3.05) is 6.54 Å². The van der Waals surface area contributed by atoms with Gasteiger partial charge in [0.25, 0.3) is 17.9 Å². The summed E-state index contributed by atoms with van der Waals surface area (Å²) in [5.74, 6) is -0.764. The van der Waals surface area contributed by atoms with Gasteiger partial charge in [0, 0.05) is 12.6 Å². The second-order valence-electron chi connectivity index (χ2n) is 4.47. The van der Waals surface area contributed by atoms with Crippen molar-refractivity contribution in [1.29, 1.82) is 0 Å². The van der Waals surface area contributed by atoms with Gasteiger partial charge in [-0.15, -0.1) is 0 Å². The fraction of sp³-hybridized carbons (Fsp3) is 0.286. The first-order valence-corrected chi connectivity index (χ1v) is 6.17. The Morgan fingerprint density at radius 1 is 1.20 bits per heavy atom. The van der Waals surface area contributed by atoms with Crippen LogP contribution in [0.25, 0.3) is 0 Å². The standard InChI is InChI=1S/C14H13F2NO3/c15-12(16)8-9(18)4-3-7-17-13(19)10-5-1-2-6-11(10)14(17)20/h1-2,5-6,8-9,18H,3-4,7H2. The SMILES string of the molecule is O=C1c2ccccc2C(=O)N1CCCC(O)C=C(F)F. The van der Waals surface area contributed by atoms with Crippen LogP contribution in [0.1, 0.15) is 33.6 Å². The zero-order chi connectivity index (χ0) is 14.7. The lowest BCUT2D eigenvalue weighted by Crippen LogP contribution is -2.31. The van der Waals surface area contributed by atoms with Crippen molar-refractivity contribution in [2.24, 2.45) is 0 Å². The summed E-state index contributed by atoms with van der Waals surface area (Å²) in [5, 5.41) is 9.25. The molecule has 0 aromatic heterocycles. The Morgan fingerprint density at radius 2 is 1.75 bits per heavy atom. The molecule has 2 amide bonds. The van der Waals surface area contributed by atoms with Crippen LogP contribution in [-0.2, 0) is 0 Å². The molecule has 1 atom stereocenters. The lowest BCUT2D eigenvalue weighted by atomic mass is 10.1. The monoisotopic (exact) mass is 281 g/mol. The fourth-order valence-electron chi connectivity index (χ4n) is 2.13. The second kappa shape index (κ2) is 5.92. The minimum absolute atomic E-state index is 0.0603. The maximum Gasteiger partial charge on any atom is 0.268 e. The Bertz CT molecular complexity index is 532. The molecular weight excluding hydrogens is 268 g/mol. The lowest BCUT2D eigenvalue weighted by molar-refractivity contribution is 0.0645. The lowest BCUT2D eigenvalue weighted by Gasteiger charge is -2.14. The van der Waals surface area contributed by atoms with Gasteiger partial charge in [-0.1, -0.05) is 12.1 Å². The van der Waals surface area contributed by atoms with Crippen molar-refractivity contribution in [1.82, 2.24) is 4.90 Å². The Balaban J connectivity index is 1.95. The molecule has 1 aromatic carbocycles. The van der Waals surface area contributed by atoms with E-state index in [-0.39, 0.29) is 31.2 Å². The van der Waals surface area contributed by atoms with E-state index in [1.54, 1.807) is 24.3 Å². The number of carbonyl (C=O) groups is 2. The molecule has 0 spiro atoms. The first kappa shape index (κ1) is 14.3. The molecule has 1 aliphatic rings. The molecule has 1 heterocycles. The molecule has 0 radical (unpaired) electrons. The summed E-state index contributed by atoms with van der Waals surface area (Å²) in [5.41, 5.74) is 0.709. The smallest absolute Gasteiger partial charge is 0.268 e. The molecule has 1 aromatic rings. The third kappa shape index (κ3) is 2.91. The summed E-state index contributed by atoms with van der Waals surface area (Å²) in [6.45, 7) is 0.102. The molecule has 1 N–H and O–H groups in total. The van der Waals surface area contributed by atoms with E-state index in [0.29, 0.717) is 17.2 Å². The maximum absolute atomic E-state index is 12.0. The molecule has 6 heteroatoms. The van der Waals surface area contributed by atoms with Crippen LogP contribution >= 0.6 is 0 Å². The summed E-state index contributed by atoms with van der Waals surface area (Å²) in [6.07, 6.45) is -2.45. The van der Waals surface area contributed by atoms with Gasteiger partial charge < -0.3 is 5.11 Å². The minimum atomic E-state index is -1.95. The van der Waals surface area contributed by atoms with Gasteiger partial charge in [0.1, 0.15) is 0 Å². The maximum atomic E-state index is 12.0. The highest BCUT2D eigenvalue weighted by molar-refractivity contribution is 6.21. The molecular formula is C14H13F2NO3. The topological polar surface area (TPSA) is 57.6 Å². The highest BCUT2D eigenvalue weighted by atomic mass is 19.3. The van der Waals surface area contributed by atoms with Crippen LogP contribution in [0.15, 0.2) is 36.4 Å². The Kier molecular flexibility index (Phi) is 4.24. The molecule has 2 rings (SSSR count). The van der Waals surface area contributed by atoms with E-state index in [2.05, 4.69) is 0 Å². The van der Waals surface area contributed by atoms with E-state index in [9.17, 15) is 23.5 Å². The largest absolute Gasteiger partial charge is 0.389 e. The number of halogens is 2. The number of aliphatic hydroxyl groups excluding tert-OH is 1. The van der Waals surface area contributed by atoms with Crippen LogP contribution in [0.2, 0.25) is 0 Å². The Labute approximate surface area is 114 Å². The van der Waals surface area contributed by atoms with Crippen LogP contribution < -0.4 is 0 Å². The molecule has 20 heavy (non-hydrogen) atoms. The molecule has 1 aliphatic heterocycles. The molecule has 4 nitrogen and oxygen atoms in total. The predicted molar refractivity (Wildman–Crippen MR) is 67.3 cm³/mol. The van der Waals surface area contributed by atoms with E-state index in [4.69, 9.17) is 0 Å². The average molecular weight is 281 g/mol. The molecule has 0 saturated heterocycles. The summed E-state index contributed by atoms with van der Waals surface area (Å²) >= 11 is 0. The molecule has 0 saturated carbocycles. The van der Waals surface area contributed by atoms with Crippen molar-refractivity contribution in [3.63, 3.8) is 0 Å². The van der Waals surface area contributed by atoms with Crippen molar-refractivity contribution < 1.29 is 23.5 Å². The van der Waals surface area contributed by atoms with Gasteiger partial charge in [0.2, 0.25) is 0 Å². The normalized spacial score (nSPS) is 15.2. The Morgan fingerprint density at radius 3 is 2.25 bits per heavy atom. The van der Waals surface area contributed by atoms with Gasteiger partial charge >= 0.3 is 0 Å². The van der Waals surface area contributed by atoms with Gasteiger partial charge in [-0.05, 0) is 25.0 Å². The zero-order valence-electron chi connectivity index (χ0n) is 10.6. The molecule has 0 aliphatic carbocycles. The number of rotatable bonds is 5. The average Bonchev–Trinajstić information content (AvgIpc) is 2.63. The first-order valence-electron chi connectivity index (χ1n) is 6.17. The van der Waals surface area contributed by atoms with Crippen LogP contribution in [0.5, 0.6) is 0 Å². The summed E-state index contributed by atoms with van der Waals surface area (Å²) < 4.78 is 23.8. The Hall–Kier alpha value is -2.08. The third-order valence-corrected chi connectivity index (χ3v) is 3.08. The fourth-order valence-corrected chi connectivity index (χ4v) is 2.13. The summed E-state index contributed by atoms with van der Waals surface area (Å²) in [6, 6.07) is 6.50. The van der Waals surface area contributed by atoms with Crippen LogP contribution in [0.3, 0.4) is 0 Å². The number of aliphatic hydroxyl groups is 1. The minimum Gasteiger partial charge on any atom is -0.389 e. The van der Waals surface area contributed by atoms with Gasteiger partial charge in [-0.3, -0.25) is 14.5 Å². The van der Waals surface area contributed by atoms with Crippen molar-refractivity contribution in [2.45, 2.75) is 18.9 Å². The second-order valence-corrected chi connectivity index (χ2v) is 4.47. The van der Waals surface area contributed by atoms with Gasteiger partial charge in [0.05, 0.1) is 17.2 Å². The number of hydrogen-bond acceptors (Lipinski definition) is 3. The molecule has 0 fully saturated rings. The van der Waals surface area contributed by atoms with E-state index in [1.807, 2.05) is 0 Å². The van der Waals surface area contributed by atoms with E-state index in [0.717, 1.165) is 4.90 Å². The van der Waals surface area contributed by atoms with Crippen molar-refractivity contribution in [3.05, 3.63) is 47.5 Å². The number of imide groups is 1. The number of hydrogen-bond donors (Lipinski definition) is 1. The number of carbonyl (C=O) groups excluding carboxylic acids is 2. The predicted octanol–water partition coefficient (Wildman–Crippen LogP) is 2.20. The van der Waals surface area contributed by atoms with Crippen LogP contribution in [0, 0.1) is 0 Å². The quantitative estimate of drug-likeness (QED) is 0.842. The van der Waals surface area contributed by atoms with E-state index >= 15 is 0 Å². The molecule has 1 unspecified atom stereocenters. The van der Waals surface area contributed by atoms with E-state index in [1.165, 1.54) is 0 Å². The van der Waals surface area contributed by atoms with Gasteiger partial charge in [-0.2, -0.15) is 8.78 Å². The van der Waals surface area contributed by atoms with E-state index < -0.39 is 12.2 Å². The van der Waals surface area contributed by atoms with Crippen molar-refractivity contribution >= 4 is 11.8 Å². The van der Waals surface area contributed by atoms with Gasteiger partial charge in [0.15, 0.2) is 0 Å². The summed E-state index contributed by atoms with van der Waals surface area (Å²) in [7, 11) is 0. The molecule has 106 valence electrons. The first-order chi connectivity index (χ1) is 9.50.